The molecular weight excluding hydrogens is 506 g/mol. The molecule has 5 amide bonds. The Morgan fingerprint density at radius 1 is 0.789 bits per heavy atom. The summed E-state index contributed by atoms with van der Waals surface area (Å²) in [5, 5.41) is 7.85. The molecule has 3 heterocycles. The molecule has 0 aromatic carbocycles. The number of rotatable bonds is 11. The molecule has 0 aliphatic carbocycles. The molecule has 0 atom stereocenters. The number of imide groups is 2. The zero-order chi connectivity index (χ0) is 28.3. The van der Waals surface area contributed by atoms with Gasteiger partial charge in [0.2, 0.25) is 5.91 Å². The monoisotopic (exact) mass is 539 g/mol. The third kappa shape index (κ3) is 8.16. The molecule has 0 unspecified atom stereocenters. The van der Waals surface area contributed by atoms with E-state index in [4.69, 9.17) is 14.8 Å². The van der Waals surface area contributed by atoms with Crippen molar-refractivity contribution in [3.8, 4) is 0 Å². The molecule has 3 saturated heterocycles. The first-order valence-electron chi connectivity index (χ1n) is 12.4. The molecule has 0 aromatic heterocycles. The summed E-state index contributed by atoms with van der Waals surface area (Å²) in [5.41, 5.74) is -1.04. The Balaban J connectivity index is 0.00000247. The first kappa shape index (κ1) is 30.5. The van der Waals surface area contributed by atoms with E-state index in [9.17, 15) is 38.4 Å². The highest BCUT2D eigenvalue weighted by Gasteiger charge is 2.43. The van der Waals surface area contributed by atoms with E-state index in [1.54, 1.807) is 4.90 Å². The summed E-state index contributed by atoms with van der Waals surface area (Å²) in [6.45, 7) is 0.465. The molecule has 0 radical (unpaired) electrons. The number of amides is 5. The van der Waals surface area contributed by atoms with Gasteiger partial charge in [0, 0.05) is 58.7 Å². The fraction of sp³-hybridized carbons (Fsp3) is 0.667. The highest BCUT2D eigenvalue weighted by molar-refractivity contribution is 6.02. The SMILES string of the molecule is CO.O=CCCCCC(=O)N1CCC(CC(=O)ON2C(=O)CCC2=O)(CC(=O)ON2C(=O)CCC2=O)CC1. The third-order valence-electron chi connectivity index (χ3n) is 6.58. The summed E-state index contributed by atoms with van der Waals surface area (Å²) < 4.78 is 0. The molecule has 1 N–H and O–H groups in total. The topological polar surface area (TPSA) is 185 Å². The maximum absolute atomic E-state index is 12.7. The van der Waals surface area contributed by atoms with Crippen molar-refractivity contribution in [1.29, 1.82) is 0 Å². The molecule has 14 nitrogen and oxygen atoms in total. The molecule has 0 bridgehead atoms. The average molecular weight is 540 g/mol. The zero-order valence-electron chi connectivity index (χ0n) is 21.3. The number of hydrogen-bond acceptors (Lipinski definition) is 11. The minimum atomic E-state index is -1.04. The van der Waals surface area contributed by atoms with Crippen LogP contribution in [0.25, 0.3) is 0 Å². The number of hydrogen-bond donors (Lipinski definition) is 1. The van der Waals surface area contributed by atoms with Gasteiger partial charge in [-0.25, -0.2) is 9.59 Å². The summed E-state index contributed by atoms with van der Waals surface area (Å²) in [6.07, 6.45) is 2.08. The van der Waals surface area contributed by atoms with E-state index < -0.39 is 41.0 Å². The van der Waals surface area contributed by atoms with Crippen LogP contribution in [0.5, 0.6) is 0 Å². The predicted molar refractivity (Wildman–Crippen MR) is 125 cm³/mol. The second kappa shape index (κ2) is 14.3. The lowest BCUT2D eigenvalue weighted by atomic mass is 9.73. The molecule has 0 saturated carbocycles. The van der Waals surface area contributed by atoms with Crippen molar-refractivity contribution >= 4 is 47.8 Å². The fourth-order valence-electron chi connectivity index (χ4n) is 4.50. The van der Waals surface area contributed by atoms with Crippen LogP contribution in [0.3, 0.4) is 0 Å². The quantitative estimate of drug-likeness (QED) is 0.211. The lowest BCUT2D eigenvalue weighted by Crippen LogP contribution is -2.46. The first-order valence-corrected chi connectivity index (χ1v) is 12.4. The maximum atomic E-state index is 12.7. The Kier molecular flexibility index (Phi) is 11.5. The van der Waals surface area contributed by atoms with Crippen LogP contribution in [0.2, 0.25) is 0 Å². The fourth-order valence-corrected chi connectivity index (χ4v) is 4.50. The number of unbranched alkanes of at least 4 members (excludes halogenated alkanes) is 2. The van der Waals surface area contributed by atoms with E-state index in [0.717, 1.165) is 13.4 Å². The number of aldehydes is 1. The molecule has 3 aliphatic rings. The first-order chi connectivity index (χ1) is 18.1. The van der Waals surface area contributed by atoms with Crippen molar-refractivity contribution in [3.63, 3.8) is 0 Å². The molecule has 3 fully saturated rings. The van der Waals surface area contributed by atoms with E-state index >= 15 is 0 Å². The van der Waals surface area contributed by atoms with E-state index in [0.29, 0.717) is 29.4 Å². The van der Waals surface area contributed by atoms with Crippen molar-refractivity contribution in [1.82, 2.24) is 15.0 Å². The van der Waals surface area contributed by atoms with Gasteiger partial charge in [-0.3, -0.25) is 24.0 Å². The minimum Gasteiger partial charge on any atom is -0.400 e. The Labute approximate surface area is 219 Å². The summed E-state index contributed by atoms with van der Waals surface area (Å²) in [7, 11) is 1.00. The van der Waals surface area contributed by atoms with Crippen molar-refractivity contribution in [3.05, 3.63) is 0 Å². The molecule has 3 rings (SSSR count). The number of aliphatic hydroxyl groups is 1. The normalized spacial score (nSPS) is 18.7. The molecule has 0 aromatic rings. The molecule has 38 heavy (non-hydrogen) atoms. The highest BCUT2D eigenvalue weighted by atomic mass is 16.7. The van der Waals surface area contributed by atoms with Gasteiger partial charge in [-0.15, -0.1) is 10.1 Å². The van der Waals surface area contributed by atoms with Crippen LogP contribution >= 0.6 is 0 Å². The van der Waals surface area contributed by atoms with Gasteiger partial charge in [-0.2, -0.15) is 0 Å². The van der Waals surface area contributed by atoms with Crippen molar-refractivity contribution in [2.75, 3.05) is 20.2 Å². The van der Waals surface area contributed by atoms with Gasteiger partial charge in [-0.05, 0) is 31.1 Å². The predicted octanol–water partition coefficient (Wildman–Crippen LogP) is -0.0424. The zero-order valence-corrected chi connectivity index (χ0v) is 21.3. The van der Waals surface area contributed by atoms with Gasteiger partial charge in [0.15, 0.2) is 0 Å². The Morgan fingerprint density at radius 2 is 1.21 bits per heavy atom. The highest BCUT2D eigenvalue weighted by Crippen LogP contribution is 2.40. The summed E-state index contributed by atoms with van der Waals surface area (Å²) >= 11 is 0. The number of hydroxylamine groups is 4. The maximum Gasteiger partial charge on any atom is 0.333 e. The standard InChI is InChI=1S/C23H29N3O10.CH4O/c27-13-3-1-2-4-16(28)24-11-9-23(10-12-24,14-21(33)35-25-17(29)5-6-18(25)30)15-22(34)36-26-19(31)7-8-20(26)32;1-2/h13H,1-12,14-15H2;2H,1H3. The van der Waals surface area contributed by atoms with Gasteiger partial charge in [-0.1, -0.05) is 0 Å². The number of aliphatic hydroxyl groups excluding tert-OH is 1. The van der Waals surface area contributed by atoms with E-state index in [2.05, 4.69) is 0 Å². The number of piperidine rings is 1. The number of nitrogens with zero attached hydrogens (tertiary/aromatic N) is 3. The van der Waals surface area contributed by atoms with Crippen LogP contribution in [0, 0.1) is 5.41 Å². The lowest BCUT2D eigenvalue weighted by molar-refractivity contribution is -0.203. The smallest absolute Gasteiger partial charge is 0.333 e. The summed E-state index contributed by atoms with van der Waals surface area (Å²) in [5.74, 6) is -4.45. The Bertz CT molecular complexity index is 870. The van der Waals surface area contributed by atoms with Crippen molar-refractivity contribution in [2.45, 2.75) is 77.0 Å². The second-order valence-electron chi connectivity index (χ2n) is 9.24. The number of carbonyl (C=O) groups excluding carboxylic acids is 8. The van der Waals surface area contributed by atoms with Gasteiger partial charge in [0.05, 0.1) is 12.8 Å². The van der Waals surface area contributed by atoms with Gasteiger partial charge >= 0.3 is 11.9 Å². The molecule has 0 spiro atoms. The van der Waals surface area contributed by atoms with Gasteiger partial charge in [0.1, 0.15) is 6.29 Å². The van der Waals surface area contributed by atoms with Crippen LogP contribution in [0.4, 0.5) is 0 Å². The van der Waals surface area contributed by atoms with Crippen LogP contribution < -0.4 is 0 Å². The second-order valence-corrected chi connectivity index (χ2v) is 9.24. The third-order valence-corrected chi connectivity index (χ3v) is 6.58. The summed E-state index contributed by atoms with van der Waals surface area (Å²) in [4.78, 5) is 107. The average Bonchev–Trinajstić information content (AvgIpc) is 3.38. The van der Waals surface area contributed by atoms with E-state index in [1.807, 2.05) is 0 Å². The molecular formula is C24H33N3O11. The van der Waals surface area contributed by atoms with Crippen molar-refractivity contribution < 1.29 is 53.1 Å². The van der Waals surface area contributed by atoms with E-state index in [1.165, 1.54) is 0 Å². The van der Waals surface area contributed by atoms with Crippen LogP contribution in [0.15, 0.2) is 0 Å². The van der Waals surface area contributed by atoms with Gasteiger partial charge < -0.3 is 24.5 Å². The largest absolute Gasteiger partial charge is 0.400 e. The Morgan fingerprint density at radius 3 is 1.61 bits per heavy atom. The van der Waals surface area contributed by atoms with Crippen LogP contribution in [-0.2, 0) is 48.0 Å². The molecule has 3 aliphatic heterocycles. The van der Waals surface area contributed by atoms with Crippen molar-refractivity contribution in [2.24, 2.45) is 5.41 Å². The molecule has 210 valence electrons. The Hall–Kier alpha value is -3.68. The van der Waals surface area contributed by atoms with E-state index in [-0.39, 0.29) is 76.8 Å². The minimum absolute atomic E-state index is 0.0641. The lowest BCUT2D eigenvalue weighted by Gasteiger charge is -2.41. The molecule has 14 heteroatoms. The number of carbonyl (C=O) groups is 8. The van der Waals surface area contributed by atoms with Crippen LogP contribution in [0.1, 0.15) is 77.0 Å². The summed E-state index contributed by atoms with van der Waals surface area (Å²) in [6, 6.07) is 0. The van der Waals surface area contributed by atoms with Gasteiger partial charge in [0.25, 0.3) is 23.6 Å². The number of likely N-dealkylation sites (tertiary alicyclic amines) is 1. The van der Waals surface area contributed by atoms with Crippen LogP contribution in [-0.4, -0.2) is 88.1 Å².